The minimum absolute atomic E-state index is 0.0139. The van der Waals surface area contributed by atoms with Crippen molar-refractivity contribution in [1.82, 2.24) is 5.32 Å². The molecule has 1 unspecified atom stereocenters. The summed E-state index contributed by atoms with van der Waals surface area (Å²) >= 11 is 0. The maximum absolute atomic E-state index is 11.9. The topological polar surface area (TPSA) is 98.3 Å². The lowest BCUT2D eigenvalue weighted by Gasteiger charge is -2.38. The molecule has 3 N–H and O–H groups in total. The molecule has 0 radical (unpaired) electrons. The Morgan fingerprint density at radius 3 is 1.82 bits per heavy atom. The van der Waals surface area contributed by atoms with Crippen LogP contribution in [-0.4, -0.2) is 50.5 Å². The zero-order valence-corrected chi connectivity index (χ0v) is 29.8. The summed E-state index contributed by atoms with van der Waals surface area (Å²) in [5, 5.41) is 17.4. The van der Waals surface area contributed by atoms with Crippen molar-refractivity contribution in [2.45, 2.75) is 50.9 Å². The number of hydrogen-bond donors (Lipinski definition) is 3. The fraction of sp³-hybridized carbons (Fsp3) is 0.279. The first-order chi connectivity index (χ1) is 24.8. The van der Waals surface area contributed by atoms with Crippen molar-refractivity contribution in [3.05, 3.63) is 150 Å². The molecule has 8 nitrogen and oxygen atoms in total. The second kappa shape index (κ2) is 18.1. The van der Waals surface area contributed by atoms with Gasteiger partial charge in [0.15, 0.2) is 0 Å². The van der Waals surface area contributed by atoms with Crippen LogP contribution in [0, 0.1) is 0 Å². The van der Waals surface area contributed by atoms with Crippen molar-refractivity contribution < 1.29 is 28.8 Å². The summed E-state index contributed by atoms with van der Waals surface area (Å²) in [5.41, 5.74) is 4.67. The van der Waals surface area contributed by atoms with Gasteiger partial charge in [-0.3, -0.25) is 4.79 Å². The van der Waals surface area contributed by atoms with Gasteiger partial charge in [-0.1, -0.05) is 84.9 Å². The number of ether oxygens (including phenoxy) is 4. The van der Waals surface area contributed by atoms with E-state index in [0.29, 0.717) is 30.3 Å². The van der Waals surface area contributed by atoms with E-state index in [0.717, 1.165) is 29.9 Å². The van der Waals surface area contributed by atoms with Crippen LogP contribution in [0.25, 0.3) is 0 Å². The normalized spacial score (nSPS) is 12.4. The lowest BCUT2D eigenvalue weighted by molar-refractivity contribution is -0.114. The Morgan fingerprint density at radius 2 is 1.27 bits per heavy atom. The molecule has 0 heterocycles. The molecule has 0 spiro atoms. The van der Waals surface area contributed by atoms with Gasteiger partial charge in [0.05, 0.1) is 19.9 Å². The highest BCUT2D eigenvalue weighted by molar-refractivity contribution is 5.90. The molecule has 5 aromatic rings. The van der Waals surface area contributed by atoms with Crippen LogP contribution in [0.3, 0.4) is 0 Å². The summed E-state index contributed by atoms with van der Waals surface area (Å²) in [4.78, 5) is 11.9. The number of hydrogen-bond acceptors (Lipinski definition) is 7. The van der Waals surface area contributed by atoms with Crippen LogP contribution < -0.4 is 29.6 Å². The van der Waals surface area contributed by atoms with Crippen molar-refractivity contribution >= 4 is 11.6 Å². The second-order valence-electron chi connectivity index (χ2n) is 12.8. The van der Waals surface area contributed by atoms with Gasteiger partial charge in [0.1, 0.15) is 42.3 Å². The monoisotopic (exact) mass is 688 g/mol. The van der Waals surface area contributed by atoms with Gasteiger partial charge in [0.2, 0.25) is 5.91 Å². The predicted molar refractivity (Wildman–Crippen MR) is 202 cm³/mol. The largest absolute Gasteiger partial charge is 0.497 e. The third-order valence-electron chi connectivity index (χ3n) is 8.93. The summed E-state index contributed by atoms with van der Waals surface area (Å²) in [6, 6.07) is 42.2. The Bertz CT molecular complexity index is 1750. The minimum atomic E-state index is -0.781. The maximum Gasteiger partial charge on any atom is 0.221 e. The third kappa shape index (κ3) is 10.4. The van der Waals surface area contributed by atoms with Crippen LogP contribution in [0.15, 0.2) is 127 Å². The van der Waals surface area contributed by atoms with E-state index in [1.54, 1.807) is 32.4 Å². The number of anilines is 1. The molecule has 0 saturated carbocycles. The number of carbonyl (C=O) groups excluding carboxylic acids is 1. The van der Waals surface area contributed by atoms with E-state index in [9.17, 15) is 9.90 Å². The SMILES string of the molecule is COc1ccc(C(Cc2ccccc2)(CC(C)NC[C@H](O)COc2ccc(OCc3ccccc3)c(NC(C)=O)c2)c2ccc(OC)cc2)cc1. The number of aliphatic hydroxyl groups excluding tert-OH is 1. The fourth-order valence-electron chi connectivity index (χ4n) is 6.37. The van der Waals surface area contributed by atoms with Crippen LogP contribution in [0.1, 0.15) is 42.5 Å². The van der Waals surface area contributed by atoms with Crippen LogP contribution in [0.5, 0.6) is 23.0 Å². The van der Waals surface area contributed by atoms with Crippen LogP contribution >= 0.6 is 0 Å². The number of benzene rings is 5. The molecule has 5 aromatic carbocycles. The van der Waals surface area contributed by atoms with Crippen LogP contribution in [0.2, 0.25) is 0 Å². The average molecular weight is 689 g/mol. The third-order valence-corrected chi connectivity index (χ3v) is 8.93. The Hall–Kier alpha value is -5.31. The second-order valence-corrected chi connectivity index (χ2v) is 12.8. The standard InChI is InChI=1S/C43H48N2O6/c1-31(44-28-37(47)30-50-40-23-24-42(41(25-40)45-32(2)46)51-29-34-13-9-6-10-14-34)26-43(27-33-11-7-5-8-12-33,35-15-19-38(48-3)20-16-35)36-17-21-39(49-4)22-18-36/h5-25,31,37,44,47H,26-30H2,1-4H3,(H,45,46)/t31?,37-/m0/s1. The number of aliphatic hydroxyl groups is 1. The number of carbonyl (C=O) groups is 1. The molecule has 1 amide bonds. The van der Waals surface area contributed by atoms with E-state index >= 15 is 0 Å². The van der Waals surface area contributed by atoms with E-state index in [1.165, 1.54) is 23.6 Å². The number of nitrogens with one attached hydrogen (secondary N) is 2. The van der Waals surface area contributed by atoms with Gasteiger partial charge >= 0.3 is 0 Å². The highest BCUT2D eigenvalue weighted by Crippen LogP contribution is 2.41. The predicted octanol–water partition coefficient (Wildman–Crippen LogP) is 7.58. The van der Waals surface area contributed by atoms with Crippen molar-refractivity contribution in [2.24, 2.45) is 0 Å². The number of methoxy groups -OCH3 is 2. The van der Waals surface area contributed by atoms with E-state index in [4.69, 9.17) is 18.9 Å². The Kier molecular flexibility index (Phi) is 13.1. The first-order valence-corrected chi connectivity index (χ1v) is 17.2. The van der Waals surface area contributed by atoms with Crippen molar-refractivity contribution in [1.29, 1.82) is 0 Å². The molecule has 8 heteroatoms. The number of rotatable bonds is 18. The molecule has 0 fully saturated rings. The Balaban J connectivity index is 1.28. The fourth-order valence-corrected chi connectivity index (χ4v) is 6.37. The summed E-state index contributed by atoms with van der Waals surface area (Å²) in [6.07, 6.45) is 0.737. The van der Waals surface area contributed by atoms with Crippen molar-refractivity contribution in [2.75, 3.05) is 32.7 Å². The molecule has 0 bridgehead atoms. The maximum atomic E-state index is 11.9. The van der Waals surface area contributed by atoms with Gasteiger partial charge in [0, 0.05) is 31.0 Å². The van der Waals surface area contributed by atoms with E-state index in [2.05, 4.69) is 66.1 Å². The molecule has 0 saturated heterocycles. The van der Waals surface area contributed by atoms with E-state index < -0.39 is 11.5 Å². The van der Waals surface area contributed by atoms with Gasteiger partial charge in [-0.25, -0.2) is 0 Å². The lowest BCUT2D eigenvalue weighted by atomic mass is 9.67. The smallest absolute Gasteiger partial charge is 0.221 e. The zero-order chi connectivity index (χ0) is 36.1. The highest BCUT2D eigenvalue weighted by Gasteiger charge is 2.36. The quantitative estimate of drug-likeness (QED) is 0.0874. The van der Waals surface area contributed by atoms with Gasteiger partial charge in [0.25, 0.3) is 0 Å². The molecule has 0 aromatic heterocycles. The summed E-state index contributed by atoms with van der Waals surface area (Å²) in [7, 11) is 3.35. The summed E-state index contributed by atoms with van der Waals surface area (Å²) in [5.74, 6) is 2.43. The molecule has 5 rings (SSSR count). The zero-order valence-electron chi connectivity index (χ0n) is 29.8. The molecule has 2 atom stereocenters. The van der Waals surface area contributed by atoms with Gasteiger partial charge < -0.3 is 34.7 Å². The van der Waals surface area contributed by atoms with Gasteiger partial charge in [-0.2, -0.15) is 0 Å². The molecular formula is C43H48N2O6. The van der Waals surface area contributed by atoms with Gasteiger partial charge in [-0.05, 0) is 78.4 Å². The molecule has 0 aliphatic rings. The van der Waals surface area contributed by atoms with Gasteiger partial charge in [-0.15, -0.1) is 0 Å². The lowest BCUT2D eigenvalue weighted by Crippen LogP contribution is -2.42. The van der Waals surface area contributed by atoms with E-state index in [1.807, 2.05) is 60.7 Å². The molecular weight excluding hydrogens is 640 g/mol. The first kappa shape index (κ1) is 37.0. The van der Waals surface area contributed by atoms with Crippen LogP contribution in [0.4, 0.5) is 5.69 Å². The van der Waals surface area contributed by atoms with Crippen molar-refractivity contribution in [3.8, 4) is 23.0 Å². The molecule has 51 heavy (non-hydrogen) atoms. The minimum Gasteiger partial charge on any atom is -0.497 e. The Morgan fingerprint density at radius 1 is 0.725 bits per heavy atom. The van der Waals surface area contributed by atoms with Crippen molar-refractivity contribution in [3.63, 3.8) is 0 Å². The molecule has 0 aliphatic heterocycles. The van der Waals surface area contributed by atoms with Crippen LogP contribution in [-0.2, 0) is 23.2 Å². The average Bonchev–Trinajstić information content (AvgIpc) is 3.16. The Labute approximate surface area is 301 Å². The number of amides is 1. The summed E-state index contributed by atoms with van der Waals surface area (Å²) in [6.45, 7) is 4.34. The highest BCUT2D eigenvalue weighted by atomic mass is 16.5. The first-order valence-electron chi connectivity index (χ1n) is 17.2. The molecule has 266 valence electrons. The summed E-state index contributed by atoms with van der Waals surface area (Å²) < 4.78 is 23.0. The van der Waals surface area contributed by atoms with E-state index in [-0.39, 0.29) is 18.6 Å². The molecule has 0 aliphatic carbocycles.